The third kappa shape index (κ3) is 13.3. The molecule has 0 saturated carbocycles. The van der Waals surface area contributed by atoms with E-state index in [1.54, 1.807) is 32.6 Å². The highest BCUT2D eigenvalue weighted by atomic mass is 28.4. The molecule has 2 bridgehead atoms. The van der Waals surface area contributed by atoms with Crippen molar-refractivity contribution in [1.29, 1.82) is 0 Å². The molecule has 4 aromatic rings. The second kappa shape index (κ2) is 23.1. The molecule has 0 aromatic heterocycles. The van der Waals surface area contributed by atoms with Gasteiger partial charge in [-0.15, -0.1) is 0 Å². The van der Waals surface area contributed by atoms with E-state index in [1.165, 1.54) is 0 Å². The van der Waals surface area contributed by atoms with Gasteiger partial charge in [0, 0.05) is 102 Å². The SMILES string of the molecule is C[Si](C)(C)C(c1cc(C([Si](C)(C)C)[Si](C)(C)C)c([Si@]23C=C[C@H](c4ccccc42)[Si@]2(c4c(C([Si](C)(C)C)[Si](C)(C)C)cc(C([Si](C)(C)C)[Si](C)(C)C)cc4C([Si](C)(C)C)[Si](C)(C)C)c4ccccc4C=C[C@H]32)c(C([Si](C)(C)C)[Si](C)(C)C)c1)[Si](C)(C)C. The fraction of sp³-hybridized carbons (Fsp3) is 0.611. The molecule has 0 N–H and O–H groups in total. The maximum atomic E-state index is 3.16. The van der Waals surface area contributed by atoms with E-state index >= 15 is 0 Å². The minimum absolute atomic E-state index is 0.342. The topological polar surface area (TPSA) is 0 Å². The van der Waals surface area contributed by atoms with Gasteiger partial charge in [-0.1, -0.05) is 332 Å². The quantitative estimate of drug-likeness (QED) is 0.0774. The Morgan fingerprint density at radius 1 is 0.302 bits per heavy atom. The number of rotatable bonds is 20. The summed E-state index contributed by atoms with van der Waals surface area (Å²) in [5.41, 5.74) is 18.0. The highest BCUT2D eigenvalue weighted by Crippen LogP contribution is 2.58. The normalized spacial score (nSPS) is 21.2. The lowest BCUT2D eigenvalue weighted by Crippen LogP contribution is -2.84. The van der Waals surface area contributed by atoms with Gasteiger partial charge in [-0.25, -0.2) is 0 Å². The summed E-state index contributed by atoms with van der Waals surface area (Å²) in [6, 6.07) is 33.4. The molecule has 14 heteroatoms. The van der Waals surface area contributed by atoms with Crippen LogP contribution in [0, 0.1) is 0 Å². The summed E-state index contributed by atoms with van der Waals surface area (Å²) in [5.74, 6) is 0. The summed E-state index contributed by atoms with van der Waals surface area (Å²) in [5, 5.41) is 11.8. The van der Waals surface area contributed by atoms with Crippen LogP contribution in [0.2, 0.25) is 241 Å². The lowest BCUT2D eigenvalue weighted by molar-refractivity contribution is 1.04. The zero-order chi connectivity index (χ0) is 65.9. The molecule has 4 aliphatic rings. The standard InChI is InChI=1S/C72H132Si14/c1-73(2,3)67(74(4,5)6)54-49-57(69(77(13,14)15)78(16,17)18)65(58(50-54)70(79(19,20)21)80(22,23)24)85-48-47-63(56-42-38-40-44-62(56)85)86(61-43-39-37-41-53(61)45-46-64(85)86)66-59(71(81(25,26)27)82(28,29)30)51-55(68(75(7,8)9)76(10,11)12)52-60(66)72(83(31,32)33)84(34,35)36/h37-52,63-64,67-72H,1-36H3/t63-,64-,85-,86-/m1/s1. The van der Waals surface area contributed by atoms with Crippen LogP contribution < -0.4 is 20.7 Å². The fourth-order valence-corrected chi connectivity index (χ4v) is 117. The van der Waals surface area contributed by atoms with Crippen molar-refractivity contribution in [3.8, 4) is 0 Å². The van der Waals surface area contributed by atoms with Crippen molar-refractivity contribution < 1.29 is 0 Å². The van der Waals surface area contributed by atoms with Gasteiger partial charge >= 0.3 is 0 Å². The summed E-state index contributed by atoms with van der Waals surface area (Å²) in [4.78, 5) is 0. The Balaban J connectivity index is 1.98. The molecule has 0 fully saturated rings. The predicted molar refractivity (Wildman–Crippen MR) is 437 cm³/mol. The molecule has 0 saturated heterocycles. The van der Waals surface area contributed by atoms with E-state index in [0.29, 0.717) is 41.7 Å². The Bertz CT molecular complexity index is 3040. The molecule has 0 unspecified atom stereocenters. The zero-order valence-electron chi connectivity index (χ0n) is 62.9. The molecule has 86 heavy (non-hydrogen) atoms. The number of hydrogen-bond acceptors (Lipinski definition) is 0. The number of benzene rings is 4. The van der Waals surface area contributed by atoms with Crippen LogP contribution in [0.4, 0.5) is 0 Å². The van der Waals surface area contributed by atoms with Crippen LogP contribution in [-0.4, -0.2) is 113 Å². The molecule has 0 aliphatic carbocycles. The molecular formula is C72H132Si14. The molecule has 4 aromatic carbocycles. The van der Waals surface area contributed by atoms with Crippen LogP contribution in [0.25, 0.3) is 6.08 Å². The Morgan fingerprint density at radius 3 is 0.895 bits per heavy atom. The van der Waals surface area contributed by atoms with Crippen LogP contribution >= 0.6 is 0 Å². The maximum absolute atomic E-state index is 3.16. The van der Waals surface area contributed by atoms with Crippen LogP contribution in [-0.2, 0) is 0 Å². The van der Waals surface area contributed by atoms with Crippen LogP contribution in [0.1, 0.15) is 81.0 Å². The average molecular weight is 1390 g/mol. The predicted octanol–water partition coefficient (Wildman–Crippen LogP) is 21.2. The van der Waals surface area contributed by atoms with Gasteiger partial charge in [-0.3, -0.25) is 0 Å². The van der Waals surface area contributed by atoms with Gasteiger partial charge in [-0.05, 0) is 101 Å². The average Bonchev–Trinajstić information content (AvgIpc) is 0.651. The molecule has 0 nitrogen and oxygen atoms in total. The molecule has 4 aliphatic heterocycles. The van der Waals surface area contributed by atoms with Crippen molar-refractivity contribution in [1.82, 2.24) is 0 Å². The summed E-state index contributed by atoms with van der Waals surface area (Å²) in [6.45, 7) is 101. The van der Waals surface area contributed by atoms with Gasteiger partial charge in [0.2, 0.25) is 0 Å². The summed E-state index contributed by atoms with van der Waals surface area (Å²) < 4.78 is 0. The third-order valence-corrected chi connectivity index (χ3v) is 89.8. The molecule has 4 heterocycles. The van der Waals surface area contributed by atoms with Crippen LogP contribution in [0.5, 0.6) is 0 Å². The smallest absolute Gasteiger partial charge is 0.0892 e. The van der Waals surface area contributed by atoms with E-state index in [-0.39, 0.29) is 0 Å². The van der Waals surface area contributed by atoms with Crippen molar-refractivity contribution in [3.05, 3.63) is 135 Å². The first-order valence-electron chi connectivity index (χ1n) is 34.2. The van der Waals surface area contributed by atoms with Crippen molar-refractivity contribution in [2.75, 3.05) is 0 Å². The second-order valence-electron chi connectivity index (χ2n) is 41.7. The van der Waals surface area contributed by atoms with Gasteiger partial charge in [0.15, 0.2) is 0 Å². The fourth-order valence-electron chi connectivity index (χ4n) is 22.6. The summed E-state index contributed by atoms with van der Waals surface area (Å²) in [7, 11) is -28.6. The van der Waals surface area contributed by atoms with Gasteiger partial charge in [0.1, 0.15) is 16.1 Å². The van der Waals surface area contributed by atoms with Crippen molar-refractivity contribution in [3.63, 3.8) is 0 Å². The van der Waals surface area contributed by atoms with E-state index in [1.807, 2.05) is 32.6 Å². The minimum atomic E-state index is -3.10. The van der Waals surface area contributed by atoms with E-state index in [2.05, 4.69) is 332 Å². The highest BCUT2D eigenvalue weighted by Gasteiger charge is 2.70. The summed E-state index contributed by atoms with van der Waals surface area (Å²) in [6.07, 6.45) is 8.91. The van der Waals surface area contributed by atoms with Gasteiger partial charge in [0.25, 0.3) is 0 Å². The first kappa shape index (κ1) is 72.8. The van der Waals surface area contributed by atoms with E-state index in [9.17, 15) is 0 Å². The molecule has 4 atom stereocenters. The van der Waals surface area contributed by atoms with E-state index in [4.69, 9.17) is 0 Å². The molecule has 8 rings (SSSR count). The van der Waals surface area contributed by atoms with Gasteiger partial charge in [0.05, 0.1) is 0 Å². The largest absolute Gasteiger partial charge is 0.146 e. The highest BCUT2D eigenvalue weighted by molar-refractivity contribution is 7.25. The maximum Gasteiger partial charge on any atom is 0.146 e. The Hall–Kier alpha value is -0.604. The molecule has 0 amide bonds. The number of hydrogen-bond donors (Lipinski definition) is 0. The van der Waals surface area contributed by atoms with Crippen LogP contribution in [0.15, 0.2) is 90.6 Å². The number of allylic oxidation sites excluding steroid dienone is 2. The first-order valence-corrected chi connectivity index (χ1v) is 81.5. The Kier molecular flexibility index (Phi) is 19.6. The Labute approximate surface area is 547 Å². The van der Waals surface area contributed by atoms with Crippen molar-refractivity contribution in [2.24, 2.45) is 0 Å². The Morgan fingerprint density at radius 2 is 0.581 bits per heavy atom. The van der Waals surface area contributed by atoms with E-state index in [0.717, 1.165) is 0 Å². The van der Waals surface area contributed by atoms with Crippen LogP contribution in [0.3, 0.4) is 0 Å². The lowest BCUT2D eigenvalue weighted by atomic mass is 10.1. The zero-order valence-corrected chi connectivity index (χ0v) is 76.9. The molecule has 0 radical (unpaired) electrons. The molecular weight excluding hydrogens is 1260 g/mol. The third-order valence-electron chi connectivity index (χ3n) is 21.2. The van der Waals surface area contributed by atoms with Crippen molar-refractivity contribution in [2.45, 2.75) is 277 Å². The van der Waals surface area contributed by atoms with E-state index < -0.39 is 113 Å². The monoisotopic (exact) mass is 1390 g/mol. The van der Waals surface area contributed by atoms with Crippen molar-refractivity contribution >= 4 is 140 Å². The summed E-state index contributed by atoms with van der Waals surface area (Å²) >= 11 is 0. The minimum Gasteiger partial charge on any atom is -0.0892 e. The molecule has 476 valence electrons. The first-order chi connectivity index (χ1) is 38.3. The number of fused-ring (bicyclic) bond motifs is 1. The second-order valence-corrected chi connectivity index (χ2v) is 117. The van der Waals surface area contributed by atoms with Gasteiger partial charge < -0.3 is 0 Å². The lowest BCUT2D eigenvalue weighted by Gasteiger charge is -2.63. The van der Waals surface area contributed by atoms with Gasteiger partial charge in [-0.2, -0.15) is 0 Å². The molecule has 0 spiro atoms.